The van der Waals surface area contributed by atoms with E-state index in [-0.39, 0.29) is 0 Å². The number of pyridine rings is 1. The van der Waals surface area contributed by atoms with Crippen molar-refractivity contribution in [1.29, 1.82) is 0 Å². The van der Waals surface area contributed by atoms with Crippen molar-refractivity contribution in [2.75, 3.05) is 26.1 Å². The Bertz CT molecular complexity index is 1300. The Morgan fingerprint density at radius 3 is 2.33 bits per heavy atom. The first kappa shape index (κ1) is 21.8. The van der Waals surface area contributed by atoms with E-state index in [1.54, 1.807) is 62.8 Å². The summed E-state index contributed by atoms with van der Waals surface area (Å²) in [6.45, 7) is -0.407. The average molecular weight is 442 g/mol. The molecule has 3 aromatic carbocycles. The van der Waals surface area contributed by atoms with Crippen molar-refractivity contribution in [3.05, 3.63) is 84.4 Å². The number of methoxy groups -OCH3 is 2. The fraction of sp³-hybridized carbons (Fsp3) is 0.115. The lowest BCUT2D eigenvalue weighted by Crippen LogP contribution is -2.21. The number of aromatic nitrogens is 1. The molecule has 1 amide bonds. The quantitative estimate of drug-likeness (QED) is 0.417. The maximum Gasteiger partial charge on any atom is 0.339 e. The molecule has 0 bridgehead atoms. The number of rotatable bonds is 7. The second-order valence-electron chi connectivity index (χ2n) is 7.13. The van der Waals surface area contributed by atoms with Crippen LogP contribution in [0.1, 0.15) is 10.4 Å². The molecule has 0 aliphatic rings. The number of ether oxygens (including phenoxy) is 3. The molecule has 1 heterocycles. The molecule has 7 heteroatoms. The highest BCUT2D eigenvalue weighted by atomic mass is 16.5. The van der Waals surface area contributed by atoms with Crippen LogP contribution in [0.2, 0.25) is 0 Å². The second-order valence-corrected chi connectivity index (χ2v) is 7.13. The van der Waals surface area contributed by atoms with Gasteiger partial charge in [-0.3, -0.25) is 4.79 Å². The Morgan fingerprint density at radius 1 is 0.848 bits per heavy atom. The zero-order valence-electron chi connectivity index (χ0n) is 18.2. The summed E-state index contributed by atoms with van der Waals surface area (Å²) in [6, 6.07) is 23.3. The summed E-state index contributed by atoms with van der Waals surface area (Å²) in [7, 11) is 3.12. The minimum Gasteiger partial charge on any atom is -0.493 e. The number of nitrogens with one attached hydrogen (secondary N) is 1. The molecule has 4 rings (SSSR count). The van der Waals surface area contributed by atoms with Gasteiger partial charge in [-0.25, -0.2) is 9.78 Å². The van der Waals surface area contributed by atoms with Gasteiger partial charge >= 0.3 is 5.97 Å². The fourth-order valence-corrected chi connectivity index (χ4v) is 3.42. The maximum atomic E-state index is 12.9. The number of benzene rings is 3. The molecule has 7 nitrogen and oxygen atoms in total. The summed E-state index contributed by atoms with van der Waals surface area (Å²) in [5.74, 6) is 0.101. The van der Waals surface area contributed by atoms with Crippen LogP contribution in [0.5, 0.6) is 11.5 Å². The van der Waals surface area contributed by atoms with Crippen LogP contribution in [0.4, 0.5) is 5.69 Å². The van der Waals surface area contributed by atoms with Gasteiger partial charge in [0.05, 0.1) is 31.0 Å². The molecule has 0 saturated heterocycles. The van der Waals surface area contributed by atoms with Gasteiger partial charge in [0.1, 0.15) is 0 Å². The molecule has 0 spiro atoms. The Hall–Kier alpha value is -4.39. The lowest BCUT2D eigenvalue weighted by molar-refractivity contribution is -0.119. The van der Waals surface area contributed by atoms with E-state index in [0.717, 1.165) is 5.56 Å². The summed E-state index contributed by atoms with van der Waals surface area (Å²) in [5, 5.41) is 3.33. The maximum absolute atomic E-state index is 12.9. The van der Waals surface area contributed by atoms with E-state index in [2.05, 4.69) is 10.3 Å². The van der Waals surface area contributed by atoms with E-state index in [0.29, 0.717) is 39.3 Å². The lowest BCUT2D eigenvalue weighted by atomic mass is 10.0. The Balaban J connectivity index is 1.61. The van der Waals surface area contributed by atoms with E-state index in [1.807, 2.05) is 30.3 Å². The summed E-state index contributed by atoms with van der Waals surface area (Å²) < 4.78 is 16.0. The van der Waals surface area contributed by atoms with Gasteiger partial charge in [0.2, 0.25) is 0 Å². The Morgan fingerprint density at radius 2 is 1.58 bits per heavy atom. The first-order chi connectivity index (χ1) is 16.1. The number of carbonyl (C=O) groups is 2. The van der Waals surface area contributed by atoms with Crippen LogP contribution in [0.25, 0.3) is 22.2 Å². The molecule has 166 valence electrons. The third-order valence-electron chi connectivity index (χ3n) is 5.01. The van der Waals surface area contributed by atoms with E-state index in [1.165, 1.54) is 0 Å². The van der Waals surface area contributed by atoms with Gasteiger partial charge in [0.15, 0.2) is 18.1 Å². The molecule has 0 saturated carbocycles. The zero-order valence-corrected chi connectivity index (χ0v) is 18.2. The van der Waals surface area contributed by atoms with Crippen molar-refractivity contribution in [3.8, 4) is 22.8 Å². The van der Waals surface area contributed by atoms with Crippen LogP contribution < -0.4 is 14.8 Å². The predicted octanol–water partition coefficient (Wildman–Crippen LogP) is 4.71. The third kappa shape index (κ3) is 4.93. The molecule has 33 heavy (non-hydrogen) atoms. The standard InChI is InChI=1S/C26H22N2O5/c1-31-23-13-12-17(14-24(23)32-2)22-15-20(19-10-6-7-11-21(19)28-22)26(30)33-16-25(29)27-18-8-4-3-5-9-18/h3-15H,16H2,1-2H3,(H,27,29). The van der Waals surface area contributed by atoms with Crippen LogP contribution in [0.15, 0.2) is 78.9 Å². The number of hydrogen-bond acceptors (Lipinski definition) is 6. The van der Waals surface area contributed by atoms with Crippen molar-refractivity contribution < 1.29 is 23.8 Å². The van der Waals surface area contributed by atoms with Gasteiger partial charge in [0.25, 0.3) is 5.91 Å². The molecule has 1 N–H and O–H groups in total. The van der Waals surface area contributed by atoms with Crippen LogP contribution in [-0.4, -0.2) is 37.7 Å². The van der Waals surface area contributed by atoms with Crippen LogP contribution in [0.3, 0.4) is 0 Å². The molecule has 4 aromatic rings. The van der Waals surface area contributed by atoms with Crippen molar-refractivity contribution in [2.24, 2.45) is 0 Å². The number of amides is 1. The van der Waals surface area contributed by atoms with Gasteiger partial charge < -0.3 is 19.5 Å². The third-order valence-corrected chi connectivity index (χ3v) is 5.01. The van der Waals surface area contributed by atoms with Crippen LogP contribution in [-0.2, 0) is 9.53 Å². The number of hydrogen-bond donors (Lipinski definition) is 1. The Labute approximate surface area is 190 Å². The predicted molar refractivity (Wildman–Crippen MR) is 126 cm³/mol. The number of nitrogens with zero attached hydrogens (tertiary/aromatic N) is 1. The first-order valence-electron chi connectivity index (χ1n) is 10.2. The fourth-order valence-electron chi connectivity index (χ4n) is 3.42. The van der Waals surface area contributed by atoms with Crippen LogP contribution in [0, 0.1) is 0 Å². The molecular weight excluding hydrogens is 420 g/mol. The smallest absolute Gasteiger partial charge is 0.339 e. The number of carbonyl (C=O) groups excluding carboxylic acids is 2. The molecule has 0 aliphatic carbocycles. The molecule has 0 radical (unpaired) electrons. The van der Waals surface area contributed by atoms with E-state index in [9.17, 15) is 9.59 Å². The summed E-state index contributed by atoms with van der Waals surface area (Å²) in [4.78, 5) is 29.8. The number of fused-ring (bicyclic) bond motifs is 1. The molecular formula is C26H22N2O5. The molecule has 0 fully saturated rings. The van der Waals surface area contributed by atoms with Crippen LogP contribution >= 0.6 is 0 Å². The summed E-state index contributed by atoms with van der Waals surface area (Å²) in [5.41, 5.74) is 2.89. The normalized spacial score (nSPS) is 10.5. The average Bonchev–Trinajstić information content (AvgIpc) is 2.86. The molecule has 0 atom stereocenters. The highest BCUT2D eigenvalue weighted by Crippen LogP contribution is 2.33. The molecule has 1 aromatic heterocycles. The summed E-state index contributed by atoms with van der Waals surface area (Å²) >= 11 is 0. The second kappa shape index (κ2) is 9.82. The van der Waals surface area contributed by atoms with Gasteiger partial charge in [-0.2, -0.15) is 0 Å². The SMILES string of the molecule is COc1ccc(-c2cc(C(=O)OCC(=O)Nc3ccccc3)c3ccccc3n2)cc1OC. The largest absolute Gasteiger partial charge is 0.493 e. The van der Waals surface area contributed by atoms with Gasteiger partial charge in [-0.1, -0.05) is 36.4 Å². The highest BCUT2D eigenvalue weighted by molar-refractivity contribution is 6.05. The van der Waals surface area contributed by atoms with Crippen molar-refractivity contribution >= 4 is 28.5 Å². The number of para-hydroxylation sites is 2. The van der Waals surface area contributed by atoms with E-state index < -0.39 is 18.5 Å². The van der Waals surface area contributed by atoms with Crippen molar-refractivity contribution in [1.82, 2.24) is 4.98 Å². The topological polar surface area (TPSA) is 86.8 Å². The summed E-state index contributed by atoms with van der Waals surface area (Å²) in [6.07, 6.45) is 0. The van der Waals surface area contributed by atoms with E-state index in [4.69, 9.17) is 14.2 Å². The Kier molecular flexibility index (Phi) is 6.50. The molecule has 0 unspecified atom stereocenters. The minimum atomic E-state index is -0.612. The first-order valence-corrected chi connectivity index (χ1v) is 10.2. The molecule has 0 aliphatic heterocycles. The minimum absolute atomic E-state index is 0.317. The zero-order chi connectivity index (χ0) is 23.2. The van der Waals surface area contributed by atoms with Crippen molar-refractivity contribution in [2.45, 2.75) is 0 Å². The van der Waals surface area contributed by atoms with Gasteiger partial charge in [0, 0.05) is 16.6 Å². The number of anilines is 1. The van der Waals surface area contributed by atoms with Gasteiger partial charge in [-0.05, 0) is 42.5 Å². The number of esters is 1. The van der Waals surface area contributed by atoms with Crippen molar-refractivity contribution in [3.63, 3.8) is 0 Å². The highest BCUT2D eigenvalue weighted by Gasteiger charge is 2.17. The van der Waals surface area contributed by atoms with Gasteiger partial charge in [-0.15, -0.1) is 0 Å². The monoisotopic (exact) mass is 442 g/mol. The lowest BCUT2D eigenvalue weighted by Gasteiger charge is -2.12. The van der Waals surface area contributed by atoms with E-state index >= 15 is 0 Å².